The van der Waals surface area contributed by atoms with Crippen LogP contribution >= 0.6 is 0 Å². The third kappa shape index (κ3) is 9.08. The molecule has 0 bridgehead atoms. The highest BCUT2D eigenvalue weighted by Crippen LogP contribution is 2.18. The van der Waals surface area contributed by atoms with Crippen LogP contribution in [0.3, 0.4) is 0 Å². The number of carbonyl (C=O) groups is 1. The van der Waals surface area contributed by atoms with Crippen LogP contribution in [0.1, 0.15) is 58.3 Å². The predicted molar refractivity (Wildman–Crippen MR) is 90.1 cm³/mol. The first-order chi connectivity index (χ1) is 11.1. The fraction of sp³-hybridized carbons (Fsp3) is 0.611. The molecule has 0 atom stereocenters. The number of nitrogens with zero attached hydrogens (tertiary/aromatic N) is 1. The van der Waals surface area contributed by atoms with E-state index in [2.05, 4.69) is 6.92 Å². The van der Waals surface area contributed by atoms with Gasteiger partial charge in [0.1, 0.15) is 11.5 Å². The lowest BCUT2D eigenvalue weighted by molar-refractivity contribution is -0.0371. The van der Waals surface area contributed by atoms with Gasteiger partial charge in [0.15, 0.2) is 0 Å². The Morgan fingerprint density at radius 3 is 2.04 bits per heavy atom. The third-order valence-corrected chi connectivity index (χ3v) is 3.56. The Kier molecular flexibility index (Phi) is 9.87. The maximum atomic E-state index is 11.2. The van der Waals surface area contributed by atoms with Gasteiger partial charge >= 0.3 is 6.09 Å². The molecule has 0 aliphatic carbocycles. The molecule has 5 heteroatoms. The minimum atomic E-state index is -0.822. The summed E-state index contributed by atoms with van der Waals surface area (Å²) in [5.74, 6) is 1.13. The van der Waals surface area contributed by atoms with Crippen LogP contribution in [0.2, 0.25) is 0 Å². The summed E-state index contributed by atoms with van der Waals surface area (Å²) in [7, 11) is 1.21. The molecule has 0 heterocycles. The molecule has 130 valence electrons. The molecule has 0 radical (unpaired) electrons. The van der Waals surface area contributed by atoms with Gasteiger partial charge in [-0.3, -0.25) is 5.21 Å². The van der Waals surface area contributed by atoms with E-state index in [0.29, 0.717) is 17.4 Å². The topological polar surface area (TPSA) is 59.0 Å². The average molecular weight is 323 g/mol. The van der Waals surface area contributed by atoms with Crippen molar-refractivity contribution in [2.24, 2.45) is 0 Å². The van der Waals surface area contributed by atoms with Crippen molar-refractivity contribution < 1.29 is 19.5 Å². The molecular formula is C18H29NO4. The van der Waals surface area contributed by atoms with Crippen LogP contribution in [0.4, 0.5) is 4.79 Å². The van der Waals surface area contributed by atoms with E-state index in [1.807, 2.05) is 0 Å². The van der Waals surface area contributed by atoms with E-state index in [1.165, 1.54) is 52.0 Å². The van der Waals surface area contributed by atoms with Gasteiger partial charge in [0.25, 0.3) is 0 Å². The first kappa shape index (κ1) is 19.3. The molecule has 0 spiro atoms. The van der Waals surface area contributed by atoms with Crippen molar-refractivity contribution in [1.29, 1.82) is 0 Å². The highest BCUT2D eigenvalue weighted by atomic mass is 16.6. The summed E-state index contributed by atoms with van der Waals surface area (Å²) >= 11 is 0. The van der Waals surface area contributed by atoms with E-state index in [9.17, 15) is 4.79 Å². The van der Waals surface area contributed by atoms with Gasteiger partial charge in [-0.15, -0.1) is 0 Å². The van der Waals surface area contributed by atoms with Crippen molar-refractivity contribution in [2.45, 2.75) is 58.3 Å². The monoisotopic (exact) mass is 323 g/mol. The number of carbonyl (C=O) groups excluding carboxylic acids is 1. The molecule has 0 saturated heterocycles. The highest BCUT2D eigenvalue weighted by Gasteiger charge is 2.08. The Balaban J connectivity index is 2.10. The maximum absolute atomic E-state index is 11.2. The number of amides is 1. The van der Waals surface area contributed by atoms with Crippen LogP contribution in [0.15, 0.2) is 24.3 Å². The van der Waals surface area contributed by atoms with Crippen molar-refractivity contribution in [2.75, 3.05) is 13.7 Å². The van der Waals surface area contributed by atoms with Gasteiger partial charge in [-0.05, 0) is 30.7 Å². The average Bonchev–Trinajstić information content (AvgIpc) is 2.54. The zero-order valence-electron chi connectivity index (χ0n) is 14.3. The van der Waals surface area contributed by atoms with E-state index in [0.717, 1.165) is 12.2 Å². The number of ether oxygens (including phenoxy) is 2. The first-order valence-corrected chi connectivity index (χ1v) is 8.50. The molecule has 1 rings (SSSR count). The summed E-state index contributed by atoms with van der Waals surface area (Å²) in [6, 6.07) is 6.80. The fourth-order valence-electron chi connectivity index (χ4n) is 2.20. The molecule has 5 nitrogen and oxygen atoms in total. The Bertz CT molecular complexity index is 431. The first-order valence-electron chi connectivity index (χ1n) is 8.50. The Morgan fingerprint density at radius 1 is 0.957 bits per heavy atom. The van der Waals surface area contributed by atoms with Gasteiger partial charge in [-0.2, -0.15) is 5.06 Å². The second-order valence-corrected chi connectivity index (χ2v) is 5.69. The van der Waals surface area contributed by atoms with Crippen LogP contribution in [0.5, 0.6) is 11.5 Å². The summed E-state index contributed by atoms with van der Waals surface area (Å²) in [5, 5.41) is 9.31. The van der Waals surface area contributed by atoms with E-state index in [4.69, 9.17) is 14.7 Å². The van der Waals surface area contributed by atoms with Crippen molar-refractivity contribution in [3.8, 4) is 11.5 Å². The van der Waals surface area contributed by atoms with Gasteiger partial charge in [-0.1, -0.05) is 51.9 Å². The van der Waals surface area contributed by atoms with Crippen LogP contribution in [-0.2, 0) is 0 Å². The van der Waals surface area contributed by atoms with E-state index in [1.54, 1.807) is 24.3 Å². The van der Waals surface area contributed by atoms with E-state index >= 15 is 0 Å². The molecule has 0 aliphatic heterocycles. The highest BCUT2D eigenvalue weighted by molar-refractivity contribution is 5.68. The van der Waals surface area contributed by atoms with Crippen molar-refractivity contribution in [3.05, 3.63) is 24.3 Å². The van der Waals surface area contributed by atoms with E-state index < -0.39 is 6.09 Å². The zero-order valence-corrected chi connectivity index (χ0v) is 14.3. The van der Waals surface area contributed by atoms with Crippen LogP contribution < -0.4 is 9.47 Å². The number of hydrogen-bond acceptors (Lipinski definition) is 4. The summed E-state index contributed by atoms with van der Waals surface area (Å²) in [6.45, 7) is 2.94. The SMILES string of the molecule is CCCCCCCCCCOc1ccc(OC(=O)N(C)O)cc1. The minimum absolute atomic E-state index is 0.371. The van der Waals surface area contributed by atoms with Crippen molar-refractivity contribution in [1.82, 2.24) is 5.06 Å². The molecule has 0 unspecified atom stereocenters. The van der Waals surface area contributed by atoms with Gasteiger partial charge in [-0.25, -0.2) is 4.79 Å². The molecule has 0 saturated carbocycles. The van der Waals surface area contributed by atoms with Crippen molar-refractivity contribution in [3.63, 3.8) is 0 Å². The number of hydroxylamine groups is 2. The molecule has 0 fully saturated rings. The standard InChI is InChI=1S/C18H29NO4/c1-3-4-5-6-7-8-9-10-15-22-16-11-13-17(14-12-16)23-18(20)19(2)21/h11-14,21H,3-10,15H2,1-2H3. The smallest absolute Gasteiger partial charge is 0.438 e. The Morgan fingerprint density at radius 2 is 1.48 bits per heavy atom. The summed E-state index contributed by atoms with van der Waals surface area (Å²) < 4.78 is 10.6. The number of hydrogen-bond donors (Lipinski definition) is 1. The quantitative estimate of drug-likeness (QED) is 0.353. The summed E-state index contributed by atoms with van der Waals surface area (Å²) in [4.78, 5) is 11.2. The van der Waals surface area contributed by atoms with Crippen LogP contribution in [0.25, 0.3) is 0 Å². The second-order valence-electron chi connectivity index (χ2n) is 5.69. The predicted octanol–water partition coefficient (Wildman–Crippen LogP) is 5.03. The van der Waals surface area contributed by atoms with Crippen LogP contribution in [0, 0.1) is 0 Å². The lowest BCUT2D eigenvalue weighted by Gasteiger charge is -2.10. The molecular weight excluding hydrogens is 294 g/mol. The molecule has 1 aromatic carbocycles. The largest absolute Gasteiger partial charge is 0.494 e. The second kappa shape index (κ2) is 11.8. The fourth-order valence-corrected chi connectivity index (χ4v) is 2.20. The molecule has 0 aliphatic rings. The minimum Gasteiger partial charge on any atom is -0.494 e. The van der Waals surface area contributed by atoms with Gasteiger partial charge in [0.05, 0.1) is 6.61 Å². The van der Waals surface area contributed by atoms with Gasteiger partial charge in [0.2, 0.25) is 0 Å². The molecule has 1 N–H and O–H groups in total. The van der Waals surface area contributed by atoms with Gasteiger partial charge in [0, 0.05) is 7.05 Å². The van der Waals surface area contributed by atoms with Crippen LogP contribution in [-0.4, -0.2) is 30.0 Å². The van der Waals surface area contributed by atoms with E-state index in [-0.39, 0.29) is 0 Å². The zero-order chi connectivity index (χ0) is 16.9. The Labute approximate surface area is 139 Å². The summed E-state index contributed by atoms with van der Waals surface area (Å²) in [5.41, 5.74) is 0. The lowest BCUT2D eigenvalue weighted by Crippen LogP contribution is -2.25. The lowest BCUT2D eigenvalue weighted by atomic mass is 10.1. The molecule has 1 aromatic rings. The Hall–Kier alpha value is -1.75. The van der Waals surface area contributed by atoms with Crippen molar-refractivity contribution >= 4 is 6.09 Å². The molecule has 1 amide bonds. The molecule has 0 aromatic heterocycles. The normalized spacial score (nSPS) is 10.4. The number of rotatable bonds is 11. The maximum Gasteiger partial charge on any atom is 0.438 e. The van der Waals surface area contributed by atoms with Gasteiger partial charge < -0.3 is 9.47 Å². The third-order valence-electron chi connectivity index (χ3n) is 3.56. The number of benzene rings is 1. The molecule has 23 heavy (non-hydrogen) atoms. The number of unbranched alkanes of at least 4 members (excludes halogenated alkanes) is 7. The summed E-state index contributed by atoms with van der Waals surface area (Å²) in [6.07, 6.45) is 9.37.